The van der Waals surface area contributed by atoms with Gasteiger partial charge in [0.05, 0.1) is 11.5 Å². The van der Waals surface area contributed by atoms with E-state index in [2.05, 4.69) is 19.9 Å². The van der Waals surface area contributed by atoms with Gasteiger partial charge in [0.1, 0.15) is 18.2 Å². The van der Waals surface area contributed by atoms with Crippen molar-refractivity contribution >= 4 is 17.4 Å². The molecule has 1 fully saturated rings. The summed E-state index contributed by atoms with van der Waals surface area (Å²) < 4.78 is 3.86. The lowest BCUT2D eigenvalue weighted by molar-refractivity contribution is -0.385. The van der Waals surface area contributed by atoms with E-state index in [4.69, 9.17) is 0 Å². The molecule has 0 spiro atoms. The second-order valence-electron chi connectivity index (χ2n) is 5.76. The van der Waals surface area contributed by atoms with E-state index in [0.29, 0.717) is 12.6 Å². The molecule has 0 atom stereocenters. The van der Waals surface area contributed by atoms with Crippen LogP contribution in [0.2, 0.25) is 0 Å². The molecule has 0 saturated heterocycles. The van der Waals surface area contributed by atoms with Gasteiger partial charge in [-0.1, -0.05) is 31.0 Å². The van der Waals surface area contributed by atoms with E-state index >= 15 is 0 Å². The molecule has 23 heavy (non-hydrogen) atoms. The third-order valence-corrected chi connectivity index (χ3v) is 5.08. The number of hydrogen-bond acceptors (Lipinski definition) is 6. The maximum Gasteiger partial charge on any atom is 0.306 e. The SMILES string of the molecule is Cc1nnc(SCCn2cc([N+](=O)[O-])cn2)n1C1CCCCC1. The van der Waals surface area contributed by atoms with E-state index in [0.717, 1.165) is 16.7 Å². The van der Waals surface area contributed by atoms with Gasteiger partial charge in [0.15, 0.2) is 5.16 Å². The molecular weight excluding hydrogens is 316 g/mol. The van der Waals surface area contributed by atoms with Crippen LogP contribution in [-0.2, 0) is 6.54 Å². The second kappa shape index (κ2) is 7.12. The van der Waals surface area contributed by atoms with Crippen LogP contribution in [0.15, 0.2) is 17.6 Å². The molecule has 124 valence electrons. The number of aryl methyl sites for hydroxylation is 2. The summed E-state index contributed by atoms with van der Waals surface area (Å²) in [5.74, 6) is 1.72. The number of rotatable bonds is 6. The van der Waals surface area contributed by atoms with Crippen LogP contribution in [0.25, 0.3) is 0 Å². The van der Waals surface area contributed by atoms with Crippen LogP contribution in [-0.4, -0.2) is 35.2 Å². The Morgan fingerprint density at radius 3 is 2.83 bits per heavy atom. The van der Waals surface area contributed by atoms with Crippen LogP contribution in [0.4, 0.5) is 5.69 Å². The maximum absolute atomic E-state index is 10.7. The van der Waals surface area contributed by atoms with Gasteiger partial charge in [-0.3, -0.25) is 14.8 Å². The Morgan fingerprint density at radius 1 is 1.35 bits per heavy atom. The number of nitro groups is 1. The van der Waals surface area contributed by atoms with Crippen molar-refractivity contribution in [1.29, 1.82) is 0 Å². The topological polar surface area (TPSA) is 91.7 Å². The summed E-state index contributed by atoms with van der Waals surface area (Å²) in [7, 11) is 0. The van der Waals surface area contributed by atoms with E-state index in [1.807, 2.05) is 6.92 Å². The van der Waals surface area contributed by atoms with Crippen molar-refractivity contribution in [1.82, 2.24) is 24.5 Å². The normalized spacial score (nSPS) is 15.9. The molecule has 0 unspecified atom stereocenters. The van der Waals surface area contributed by atoms with Crippen molar-refractivity contribution in [2.75, 3.05) is 5.75 Å². The highest BCUT2D eigenvalue weighted by Crippen LogP contribution is 2.32. The Bertz CT molecular complexity index is 677. The van der Waals surface area contributed by atoms with Crippen molar-refractivity contribution in [2.45, 2.75) is 56.8 Å². The zero-order chi connectivity index (χ0) is 16.2. The largest absolute Gasteiger partial charge is 0.306 e. The minimum absolute atomic E-state index is 0.0243. The molecule has 2 aromatic heterocycles. The van der Waals surface area contributed by atoms with Crippen molar-refractivity contribution in [3.63, 3.8) is 0 Å². The molecule has 1 aliphatic carbocycles. The van der Waals surface area contributed by atoms with Gasteiger partial charge in [0.25, 0.3) is 0 Å². The van der Waals surface area contributed by atoms with Gasteiger partial charge >= 0.3 is 5.69 Å². The van der Waals surface area contributed by atoms with Gasteiger partial charge in [-0.2, -0.15) is 5.10 Å². The minimum Gasteiger partial charge on any atom is -0.303 e. The highest BCUT2D eigenvalue weighted by Gasteiger charge is 2.21. The lowest BCUT2D eigenvalue weighted by Gasteiger charge is -2.24. The molecule has 0 amide bonds. The zero-order valence-corrected chi connectivity index (χ0v) is 13.9. The van der Waals surface area contributed by atoms with E-state index in [1.165, 1.54) is 44.5 Å². The third-order valence-electron chi connectivity index (χ3n) is 4.16. The molecule has 2 heterocycles. The molecule has 0 aliphatic heterocycles. The minimum atomic E-state index is -0.431. The average molecular weight is 336 g/mol. The third kappa shape index (κ3) is 3.72. The fourth-order valence-corrected chi connectivity index (χ4v) is 3.99. The van der Waals surface area contributed by atoms with E-state index in [-0.39, 0.29) is 5.69 Å². The van der Waals surface area contributed by atoms with Gasteiger partial charge in [-0.25, -0.2) is 0 Å². The standard InChI is InChI=1S/C14H20N6O2S/c1-11-16-17-14(19(11)12-5-3-2-4-6-12)23-8-7-18-10-13(9-15-18)20(21)22/h9-10,12H,2-8H2,1H3. The number of hydrogen-bond donors (Lipinski definition) is 0. The molecule has 1 aliphatic rings. The molecule has 0 bridgehead atoms. The van der Waals surface area contributed by atoms with Crippen LogP contribution >= 0.6 is 11.8 Å². The van der Waals surface area contributed by atoms with E-state index in [9.17, 15) is 10.1 Å². The monoisotopic (exact) mass is 336 g/mol. The Balaban J connectivity index is 1.60. The first-order valence-corrected chi connectivity index (χ1v) is 8.85. The summed E-state index contributed by atoms with van der Waals surface area (Å²) in [5.41, 5.74) is 0.0243. The first-order valence-electron chi connectivity index (χ1n) is 7.86. The van der Waals surface area contributed by atoms with Crippen molar-refractivity contribution in [3.8, 4) is 0 Å². The molecule has 0 aromatic carbocycles. The highest BCUT2D eigenvalue weighted by atomic mass is 32.2. The van der Waals surface area contributed by atoms with Crippen LogP contribution in [0, 0.1) is 17.0 Å². The van der Waals surface area contributed by atoms with Crippen LogP contribution in [0.5, 0.6) is 0 Å². The Kier molecular flexibility index (Phi) is 4.94. The fraction of sp³-hybridized carbons (Fsp3) is 0.643. The highest BCUT2D eigenvalue weighted by molar-refractivity contribution is 7.99. The summed E-state index contributed by atoms with van der Waals surface area (Å²) in [6, 6.07) is 0.507. The smallest absolute Gasteiger partial charge is 0.303 e. The molecule has 1 saturated carbocycles. The maximum atomic E-state index is 10.7. The zero-order valence-electron chi connectivity index (χ0n) is 13.1. The molecule has 8 nitrogen and oxygen atoms in total. The van der Waals surface area contributed by atoms with Gasteiger partial charge in [-0.05, 0) is 19.8 Å². The Labute approximate surface area is 138 Å². The molecule has 2 aromatic rings. The van der Waals surface area contributed by atoms with Crippen LogP contribution in [0.1, 0.15) is 44.0 Å². The molecule has 3 rings (SSSR count). The van der Waals surface area contributed by atoms with Gasteiger partial charge in [0, 0.05) is 11.8 Å². The summed E-state index contributed by atoms with van der Waals surface area (Å²) in [5, 5.41) is 24.1. The lowest BCUT2D eigenvalue weighted by atomic mass is 9.95. The number of aromatic nitrogens is 5. The van der Waals surface area contributed by atoms with Crippen LogP contribution in [0.3, 0.4) is 0 Å². The molecular formula is C14H20N6O2S. The molecule has 0 radical (unpaired) electrons. The van der Waals surface area contributed by atoms with Crippen molar-refractivity contribution < 1.29 is 4.92 Å². The van der Waals surface area contributed by atoms with Crippen LogP contribution < -0.4 is 0 Å². The number of thioether (sulfide) groups is 1. The van der Waals surface area contributed by atoms with Crippen molar-refractivity contribution in [2.24, 2.45) is 0 Å². The first kappa shape index (κ1) is 16.0. The number of nitrogens with zero attached hydrogens (tertiary/aromatic N) is 6. The fourth-order valence-electron chi connectivity index (χ4n) is 3.01. The van der Waals surface area contributed by atoms with Crippen molar-refractivity contribution in [3.05, 3.63) is 28.3 Å². The summed E-state index contributed by atoms with van der Waals surface area (Å²) >= 11 is 1.63. The summed E-state index contributed by atoms with van der Waals surface area (Å²) in [6.45, 7) is 2.61. The van der Waals surface area contributed by atoms with Gasteiger partial charge in [0.2, 0.25) is 0 Å². The predicted octanol–water partition coefficient (Wildman–Crippen LogP) is 2.99. The Hall–Kier alpha value is -1.90. The first-order chi connectivity index (χ1) is 11.1. The van der Waals surface area contributed by atoms with E-state index in [1.54, 1.807) is 16.4 Å². The van der Waals surface area contributed by atoms with Gasteiger partial charge in [-0.15, -0.1) is 10.2 Å². The molecule has 9 heteroatoms. The second-order valence-corrected chi connectivity index (χ2v) is 6.82. The summed E-state index contributed by atoms with van der Waals surface area (Å²) in [4.78, 5) is 10.2. The Morgan fingerprint density at radius 2 is 2.13 bits per heavy atom. The predicted molar refractivity (Wildman–Crippen MR) is 86.5 cm³/mol. The van der Waals surface area contributed by atoms with E-state index < -0.39 is 4.92 Å². The molecule has 0 N–H and O–H groups in total. The van der Waals surface area contributed by atoms with Gasteiger partial charge < -0.3 is 4.57 Å². The lowest BCUT2D eigenvalue weighted by Crippen LogP contribution is -2.15. The average Bonchev–Trinajstić information content (AvgIpc) is 3.16. The summed E-state index contributed by atoms with van der Waals surface area (Å²) in [6.07, 6.45) is 8.97. The quantitative estimate of drug-likeness (QED) is 0.457.